The predicted octanol–water partition coefficient (Wildman–Crippen LogP) is 0.692. The van der Waals surface area contributed by atoms with Gasteiger partial charge in [-0.15, -0.1) is 0 Å². The molecule has 1 aromatic rings. The van der Waals surface area contributed by atoms with Gasteiger partial charge in [-0.3, -0.25) is 24.1 Å². The van der Waals surface area contributed by atoms with Crippen molar-refractivity contribution in [3.05, 3.63) is 29.8 Å². The minimum Gasteiger partial charge on any atom is -0.379 e. The van der Waals surface area contributed by atoms with Crippen molar-refractivity contribution in [1.29, 1.82) is 0 Å². The highest BCUT2D eigenvalue weighted by Gasteiger charge is 2.63. The van der Waals surface area contributed by atoms with Crippen LogP contribution in [-0.4, -0.2) is 106 Å². The second kappa shape index (κ2) is 12.9. The molecule has 3 amide bonds. The van der Waals surface area contributed by atoms with Crippen LogP contribution in [0.15, 0.2) is 29.2 Å². The first-order valence-corrected chi connectivity index (χ1v) is 17.4. The first kappa shape index (κ1) is 32.5. The number of ether oxygens (including phenoxy) is 2. The molecule has 5 atom stereocenters. The fourth-order valence-corrected chi connectivity index (χ4v) is 7.05. The molecule has 2 aliphatic carbocycles. The van der Waals surface area contributed by atoms with Gasteiger partial charge < -0.3 is 25.4 Å². The van der Waals surface area contributed by atoms with Gasteiger partial charge in [-0.05, 0) is 50.3 Å². The summed E-state index contributed by atoms with van der Waals surface area (Å²) in [6, 6.07) is 4.59. The number of epoxide rings is 1. The number of amides is 3. The molecule has 0 radical (unpaired) electrons. The number of carbonyl (C=O) groups is 4. The van der Waals surface area contributed by atoms with Gasteiger partial charge >= 0.3 is 0 Å². The Balaban J connectivity index is 1.33. The van der Waals surface area contributed by atoms with Crippen LogP contribution in [0.2, 0.25) is 0 Å². The van der Waals surface area contributed by atoms with E-state index in [1.165, 1.54) is 12.1 Å². The van der Waals surface area contributed by atoms with Crippen molar-refractivity contribution in [3.8, 4) is 0 Å². The minimum absolute atomic E-state index is 0.133. The average molecular weight is 633 g/mol. The third-order valence-electron chi connectivity index (χ3n) is 9.43. The minimum atomic E-state index is -3.42. The summed E-state index contributed by atoms with van der Waals surface area (Å²) in [5.41, 5.74) is -1.60. The summed E-state index contributed by atoms with van der Waals surface area (Å²) in [5, 5.41) is 8.61. The van der Waals surface area contributed by atoms with Crippen LogP contribution < -0.4 is 16.0 Å². The number of hydrogen-bond acceptors (Lipinski definition) is 9. The van der Waals surface area contributed by atoms with Crippen LogP contribution in [0, 0.1) is 5.92 Å². The number of benzene rings is 1. The highest BCUT2D eigenvalue weighted by Crippen LogP contribution is 2.52. The highest BCUT2D eigenvalue weighted by atomic mass is 32.2. The number of carbonyl (C=O) groups excluding carboxylic acids is 4. The summed E-state index contributed by atoms with van der Waals surface area (Å²) >= 11 is 0. The van der Waals surface area contributed by atoms with Crippen LogP contribution in [0.4, 0.5) is 0 Å². The molecule has 0 spiro atoms. The van der Waals surface area contributed by atoms with Crippen molar-refractivity contribution in [2.75, 3.05) is 45.7 Å². The van der Waals surface area contributed by atoms with Crippen LogP contribution in [0.25, 0.3) is 0 Å². The molecule has 2 heterocycles. The molecule has 12 nitrogen and oxygen atoms in total. The molecule has 4 fully saturated rings. The molecule has 242 valence electrons. The van der Waals surface area contributed by atoms with Crippen LogP contribution in [0.3, 0.4) is 0 Å². The lowest BCUT2D eigenvalue weighted by molar-refractivity contribution is -0.135. The van der Waals surface area contributed by atoms with Crippen LogP contribution in [-0.2, 0) is 38.5 Å². The Morgan fingerprint density at radius 1 is 1.05 bits per heavy atom. The maximum absolute atomic E-state index is 14.1. The lowest BCUT2D eigenvalue weighted by atomic mass is 9.90. The Morgan fingerprint density at radius 3 is 2.27 bits per heavy atom. The lowest BCUT2D eigenvalue weighted by Gasteiger charge is -2.28. The number of Topliss-reactive ketones (excluding diaryl/α,β-unsaturated/α-hetero) is 1. The monoisotopic (exact) mass is 632 g/mol. The second-order valence-electron chi connectivity index (χ2n) is 13.0. The largest absolute Gasteiger partial charge is 0.379 e. The standard InChI is InChI=1S/C31H44N4O8S/c1-20(32-26(36)18-35-12-14-42-15-13-35)28(38)34-31(17-24(31)22-8-10-23(11-9-22)44(3,40)41)29(39)33-25(16-21-6-4-5-7-21)27(37)30(2)19-43-30/h8-11,20-21,24-25H,4-7,12-19H2,1-3H3,(H,32,36)(H,33,39)(H,34,38)/t20-,24?,25-,30+,31?/m0/s1. The van der Waals surface area contributed by atoms with Gasteiger partial charge in [0.15, 0.2) is 15.6 Å². The SMILES string of the molecule is C[C@H](NC(=O)CN1CCOCC1)C(=O)NC1(C(=O)N[C@@H](CC2CCCC2)C(=O)[C@@]2(C)CO2)CC1c1ccc(S(C)(=O)=O)cc1. The van der Waals surface area contributed by atoms with E-state index in [9.17, 15) is 27.6 Å². The maximum Gasteiger partial charge on any atom is 0.247 e. The van der Waals surface area contributed by atoms with Gasteiger partial charge in [0.1, 0.15) is 17.2 Å². The summed E-state index contributed by atoms with van der Waals surface area (Å²) in [7, 11) is -3.42. The van der Waals surface area contributed by atoms with Gasteiger partial charge in [0.05, 0.1) is 37.3 Å². The Kier molecular flexibility index (Phi) is 9.50. The van der Waals surface area contributed by atoms with E-state index in [0.29, 0.717) is 50.8 Å². The summed E-state index contributed by atoms with van der Waals surface area (Å²) in [6.45, 7) is 6.07. The molecule has 13 heteroatoms. The van der Waals surface area contributed by atoms with Gasteiger partial charge in [0.2, 0.25) is 17.7 Å². The molecule has 2 aliphatic heterocycles. The second-order valence-corrected chi connectivity index (χ2v) is 15.0. The highest BCUT2D eigenvalue weighted by molar-refractivity contribution is 7.90. The van der Waals surface area contributed by atoms with Gasteiger partial charge in [-0.1, -0.05) is 37.8 Å². The molecule has 0 aromatic heterocycles. The molecule has 2 saturated heterocycles. The Labute approximate surface area is 258 Å². The van der Waals surface area contributed by atoms with E-state index in [0.717, 1.165) is 31.9 Å². The molecule has 5 rings (SSSR count). The summed E-state index contributed by atoms with van der Waals surface area (Å²) < 4.78 is 34.8. The molecular formula is C31H44N4O8S. The fourth-order valence-electron chi connectivity index (χ4n) is 6.42. The summed E-state index contributed by atoms with van der Waals surface area (Å²) in [6.07, 6.45) is 6.07. The number of morpholine rings is 1. The van der Waals surface area contributed by atoms with E-state index in [1.54, 1.807) is 26.0 Å². The lowest BCUT2D eigenvalue weighted by Crippen LogP contribution is -2.59. The number of rotatable bonds is 13. The molecule has 2 unspecified atom stereocenters. The van der Waals surface area contributed by atoms with Crippen molar-refractivity contribution < 1.29 is 37.1 Å². The molecule has 3 N–H and O–H groups in total. The number of nitrogens with one attached hydrogen (secondary N) is 3. The third kappa shape index (κ3) is 7.49. The third-order valence-corrected chi connectivity index (χ3v) is 10.6. The zero-order valence-corrected chi connectivity index (χ0v) is 26.5. The van der Waals surface area contributed by atoms with E-state index >= 15 is 0 Å². The van der Waals surface area contributed by atoms with Crippen LogP contribution >= 0.6 is 0 Å². The van der Waals surface area contributed by atoms with Crippen molar-refractivity contribution >= 4 is 33.3 Å². The molecule has 2 saturated carbocycles. The Hall–Kier alpha value is -2.87. The van der Waals surface area contributed by atoms with Crippen molar-refractivity contribution in [3.63, 3.8) is 0 Å². The summed E-state index contributed by atoms with van der Waals surface area (Å²) in [4.78, 5) is 55.8. The number of hydrogen-bond donors (Lipinski definition) is 3. The van der Waals surface area contributed by atoms with Gasteiger partial charge in [0.25, 0.3) is 0 Å². The maximum atomic E-state index is 14.1. The van der Waals surface area contributed by atoms with Crippen LogP contribution in [0.1, 0.15) is 63.9 Å². The molecular weight excluding hydrogens is 588 g/mol. The van der Waals surface area contributed by atoms with Crippen molar-refractivity contribution in [1.82, 2.24) is 20.9 Å². The van der Waals surface area contributed by atoms with Gasteiger partial charge in [-0.2, -0.15) is 0 Å². The summed E-state index contributed by atoms with van der Waals surface area (Å²) in [5.74, 6) is -1.62. The Bertz CT molecular complexity index is 1370. The zero-order valence-electron chi connectivity index (χ0n) is 25.7. The molecule has 1 aromatic carbocycles. The van der Waals surface area contributed by atoms with E-state index in [2.05, 4.69) is 16.0 Å². The van der Waals surface area contributed by atoms with E-state index in [4.69, 9.17) is 9.47 Å². The topological polar surface area (TPSA) is 164 Å². The zero-order chi connectivity index (χ0) is 31.7. The molecule has 0 bridgehead atoms. The average Bonchev–Trinajstić information content (AvgIpc) is 3.85. The molecule has 4 aliphatic rings. The number of ketones is 1. The predicted molar refractivity (Wildman–Crippen MR) is 161 cm³/mol. The van der Waals surface area contributed by atoms with Gasteiger partial charge in [-0.25, -0.2) is 8.42 Å². The van der Waals surface area contributed by atoms with Crippen LogP contribution in [0.5, 0.6) is 0 Å². The van der Waals surface area contributed by atoms with E-state index in [1.807, 2.05) is 4.90 Å². The van der Waals surface area contributed by atoms with Crippen molar-refractivity contribution in [2.24, 2.45) is 5.92 Å². The van der Waals surface area contributed by atoms with Crippen molar-refractivity contribution in [2.45, 2.75) is 86.4 Å². The molecule has 44 heavy (non-hydrogen) atoms. The Morgan fingerprint density at radius 2 is 1.68 bits per heavy atom. The smallest absolute Gasteiger partial charge is 0.247 e. The van der Waals surface area contributed by atoms with E-state index < -0.39 is 50.8 Å². The van der Waals surface area contributed by atoms with Gasteiger partial charge in [0, 0.05) is 25.3 Å². The quantitative estimate of drug-likeness (QED) is 0.266. The fraction of sp³-hybridized carbons (Fsp3) is 0.677. The number of nitrogens with zero attached hydrogens (tertiary/aromatic N) is 1. The van der Waals surface area contributed by atoms with E-state index in [-0.39, 0.29) is 29.6 Å². The normalized spacial score (nSPS) is 28.5. The first-order valence-electron chi connectivity index (χ1n) is 15.5. The number of sulfone groups is 1. The first-order chi connectivity index (χ1) is 20.8.